The summed E-state index contributed by atoms with van der Waals surface area (Å²) in [6.45, 7) is 2.27. The molecule has 6 nitrogen and oxygen atoms in total. The zero-order valence-electron chi connectivity index (χ0n) is 13.6. The van der Waals surface area contributed by atoms with Gasteiger partial charge in [0.15, 0.2) is 0 Å². The first kappa shape index (κ1) is 19.4. The zero-order valence-corrected chi connectivity index (χ0v) is 15.2. The third-order valence-corrected chi connectivity index (χ3v) is 5.47. The van der Waals surface area contributed by atoms with Crippen molar-refractivity contribution in [2.24, 2.45) is 0 Å². The van der Waals surface area contributed by atoms with Gasteiger partial charge in [0.1, 0.15) is 0 Å². The van der Waals surface area contributed by atoms with E-state index < -0.39 is 26.4 Å². The zero-order chi connectivity index (χ0) is 18.6. The summed E-state index contributed by atoms with van der Waals surface area (Å²) in [5.41, 5.74) is 0.657. The lowest BCUT2D eigenvalue weighted by Gasteiger charge is -2.16. The molecule has 1 aromatic heterocycles. The number of aromatic nitrogens is 1. The molecule has 0 saturated carbocycles. The summed E-state index contributed by atoms with van der Waals surface area (Å²) in [5.74, 6) is -4.06. The number of aryl methyl sites for hydroxylation is 1. The van der Waals surface area contributed by atoms with Crippen molar-refractivity contribution in [3.05, 3.63) is 40.3 Å². The van der Waals surface area contributed by atoms with E-state index in [2.05, 4.69) is 10.3 Å². The van der Waals surface area contributed by atoms with E-state index >= 15 is 0 Å². The van der Waals surface area contributed by atoms with E-state index in [1.54, 1.807) is 11.9 Å². The number of amides is 1. The second-order valence-electron chi connectivity index (χ2n) is 5.38. The van der Waals surface area contributed by atoms with Crippen molar-refractivity contribution in [3.63, 3.8) is 0 Å². The number of sulfone groups is 1. The minimum absolute atomic E-state index is 0.0420. The lowest BCUT2D eigenvalue weighted by atomic mass is 10.3. The van der Waals surface area contributed by atoms with Gasteiger partial charge < -0.3 is 5.32 Å². The second kappa shape index (κ2) is 7.98. The summed E-state index contributed by atoms with van der Waals surface area (Å²) in [5, 5.41) is 5.18. The topological polar surface area (TPSA) is 79.4 Å². The molecule has 2 rings (SSSR count). The smallest absolute Gasteiger partial charge is 0.324 e. The fraction of sp³-hybridized carbons (Fsp3) is 0.333. The van der Waals surface area contributed by atoms with Gasteiger partial charge in [-0.15, -0.1) is 11.3 Å². The highest BCUT2D eigenvalue weighted by Gasteiger charge is 2.29. The Morgan fingerprint density at radius 2 is 2.04 bits per heavy atom. The number of hydrogen-bond acceptors (Lipinski definition) is 6. The van der Waals surface area contributed by atoms with E-state index in [0.29, 0.717) is 6.54 Å². The Kier molecular flexibility index (Phi) is 6.20. The van der Waals surface area contributed by atoms with Gasteiger partial charge in [0.2, 0.25) is 15.7 Å². The van der Waals surface area contributed by atoms with Crippen molar-refractivity contribution in [1.82, 2.24) is 9.88 Å². The molecule has 2 aromatic rings. The van der Waals surface area contributed by atoms with Crippen LogP contribution in [0.5, 0.6) is 0 Å². The van der Waals surface area contributed by atoms with Gasteiger partial charge in [-0.25, -0.2) is 13.4 Å². The Labute approximate surface area is 148 Å². The Morgan fingerprint density at radius 1 is 1.36 bits per heavy atom. The molecule has 1 heterocycles. The summed E-state index contributed by atoms with van der Waals surface area (Å²) >= 11 is 1.50. The van der Waals surface area contributed by atoms with Crippen molar-refractivity contribution in [1.29, 1.82) is 0 Å². The van der Waals surface area contributed by atoms with Crippen molar-refractivity contribution >= 4 is 32.8 Å². The van der Waals surface area contributed by atoms with Gasteiger partial charge in [0, 0.05) is 11.9 Å². The van der Waals surface area contributed by atoms with Gasteiger partial charge in [-0.3, -0.25) is 9.69 Å². The van der Waals surface area contributed by atoms with Crippen LogP contribution >= 0.6 is 11.3 Å². The number of likely N-dealkylation sites (N-methyl/N-ethyl adjacent to an activating group) is 1. The first-order chi connectivity index (χ1) is 11.7. The molecule has 25 heavy (non-hydrogen) atoms. The number of carbonyl (C=O) groups is 1. The van der Waals surface area contributed by atoms with Crippen LogP contribution in [0.25, 0.3) is 0 Å². The lowest BCUT2D eigenvalue weighted by Crippen LogP contribution is -2.30. The molecule has 0 aliphatic heterocycles. The molecule has 0 radical (unpaired) electrons. The predicted molar refractivity (Wildman–Crippen MR) is 91.4 cm³/mol. The van der Waals surface area contributed by atoms with Gasteiger partial charge in [-0.2, -0.15) is 8.78 Å². The molecule has 0 fully saturated rings. The van der Waals surface area contributed by atoms with Crippen LogP contribution in [0.3, 0.4) is 0 Å². The molecule has 0 unspecified atom stereocenters. The summed E-state index contributed by atoms with van der Waals surface area (Å²) in [6.07, 6.45) is 0. The Morgan fingerprint density at radius 3 is 2.64 bits per heavy atom. The minimum atomic E-state index is -4.80. The third kappa shape index (κ3) is 5.03. The largest absolute Gasteiger partial charge is 0.341 e. The molecule has 1 aromatic carbocycles. The number of nitrogens with zero attached hydrogens (tertiary/aromatic N) is 2. The molecule has 0 aliphatic carbocycles. The minimum Gasteiger partial charge on any atom is -0.324 e. The maximum Gasteiger partial charge on any atom is 0.341 e. The van der Waals surface area contributed by atoms with E-state index in [4.69, 9.17) is 0 Å². The number of halogens is 2. The Bertz CT molecular complexity index is 853. The standard InChI is InChI=1S/C15H17F2N3O3S2/c1-10-18-11(9-24-10)7-20(2)8-14(21)19-12-5-3-4-6-13(12)25(22,23)15(16)17/h3-6,9,15H,7-8H2,1-2H3,(H,19,21). The van der Waals surface area contributed by atoms with Crippen LogP contribution < -0.4 is 5.32 Å². The lowest BCUT2D eigenvalue weighted by molar-refractivity contribution is -0.117. The van der Waals surface area contributed by atoms with Crippen LogP contribution in [0.2, 0.25) is 0 Å². The second-order valence-corrected chi connectivity index (χ2v) is 8.33. The molecule has 0 aliphatic rings. The molecular weight excluding hydrogens is 372 g/mol. The van der Waals surface area contributed by atoms with Crippen molar-refractivity contribution in [3.8, 4) is 0 Å². The number of rotatable bonds is 7. The Balaban J connectivity index is 2.06. The predicted octanol–water partition coefficient (Wildman–Crippen LogP) is 2.52. The van der Waals surface area contributed by atoms with Gasteiger partial charge in [-0.1, -0.05) is 12.1 Å². The summed E-state index contributed by atoms with van der Waals surface area (Å²) < 4.78 is 48.9. The molecule has 0 saturated heterocycles. The normalized spacial score (nSPS) is 11.9. The highest BCUT2D eigenvalue weighted by atomic mass is 32.2. The summed E-state index contributed by atoms with van der Waals surface area (Å²) in [7, 11) is -3.09. The van der Waals surface area contributed by atoms with Gasteiger partial charge in [-0.05, 0) is 26.1 Å². The van der Waals surface area contributed by atoms with Crippen molar-refractivity contribution < 1.29 is 22.0 Å². The molecule has 10 heteroatoms. The third-order valence-electron chi connectivity index (χ3n) is 3.21. The summed E-state index contributed by atoms with van der Waals surface area (Å²) in [6, 6.07) is 5.10. The maximum atomic E-state index is 12.8. The average Bonchev–Trinajstić information content (AvgIpc) is 2.92. The number of alkyl halides is 2. The maximum absolute atomic E-state index is 12.8. The molecule has 0 spiro atoms. The number of thiazole rings is 1. The number of anilines is 1. The van der Waals surface area contributed by atoms with Crippen LogP contribution in [0.15, 0.2) is 34.5 Å². The van der Waals surface area contributed by atoms with Crippen LogP contribution in [0.1, 0.15) is 10.7 Å². The first-order valence-electron chi connectivity index (χ1n) is 7.20. The monoisotopic (exact) mass is 389 g/mol. The number of para-hydroxylation sites is 1. The highest BCUT2D eigenvalue weighted by Crippen LogP contribution is 2.26. The van der Waals surface area contributed by atoms with Crippen LogP contribution in [0, 0.1) is 6.92 Å². The summed E-state index contributed by atoms with van der Waals surface area (Å²) in [4.78, 5) is 17.5. The van der Waals surface area contributed by atoms with Crippen molar-refractivity contribution in [2.45, 2.75) is 24.1 Å². The fourth-order valence-corrected chi connectivity index (χ4v) is 3.65. The first-order valence-corrected chi connectivity index (χ1v) is 9.63. The Hall–Kier alpha value is -1.91. The number of hydrogen-bond donors (Lipinski definition) is 1. The van der Waals surface area contributed by atoms with Crippen LogP contribution in [0.4, 0.5) is 14.5 Å². The van der Waals surface area contributed by atoms with Gasteiger partial charge >= 0.3 is 5.76 Å². The molecule has 0 bridgehead atoms. The number of carbonyl (C=O) groups excluding carboxylic acids is 1. The van der Waals surface area contributed by atoms with E-state index in [9.17, 15) is 22.0 Å². The number of nitrogens with one attached hydrogen (secondary N) is 1. The molecule has 1 amide bonds. The van der Waals surface area contributed by atoms with Crippen LogP contribution in [-0.2, 0) is 21.2 Å². The molecule has 1 N–H and O–H groups in total. The average molecular weight is 389 g/mol. The van der Waals surface area contributed by atoms with E-state index in [0.717, 1.165) is 16.8 Å². The molecule has 0 atom stereocenters. The van der Waals surface area contributed by atoms with E-state index in [-0.39, 0.29) is 12.2 Å². The van der Waals surface area contributed by atoms with E-state index in [1.807, 2.05) is 12.3 Å². The molecular formula is C15H17F2N3O3S2. The van der Waals surface area contributed by atoms with Crippen LogP contribution in [-0.4, -0.2) is 43.6 Å². The van der Waals surface area contributed by atoms with E-state index in [1.165, 1.54) is 29.5 Å². The van der Waals surface area contributed by atoms with Gasteiger partial charge in [0.05, 0.1) is 27.8 Å². The van der Waals surface area contributed by atoms with Gasteiger partial charge in [0.25, 0.3) is 0 Å². The fourth-order valence-electron chi connectivity index (χ4n) is 2.16. The highest BCUT2D eigenvalue weighted by molar-refractivity contribution is 7.91. The quantitative estimate of drug-likeness (QED) is 0.787. The number of benzene rings is 1. The SMILES string of the molecule is Cc1nc(CN(C)CC(=O)Nc2ccccc2S(=O)(=O)C(F)F)cs1. The molecule has 136 valence electrons. The van der Waals surface area contributed by atoms with Crippen molar-refractivity contribution in [2.75, 3.05) is 18.9 Å².